The number of carbonyl (C=O) groups excluding carboxylic acids is 1. The van der Waals surface area contributed by atoms with Crippen LogP contribution in [0.3, 0.4) is 0 Å². The number of benzene rings is 2. The predicted octanol–water partition coefficient (Wildman–Crippen LogP) is 3.52. The Morgan fingerprint density at radius 3 is 2.30 bits per heavy atom. The molecule has 0 heterocycles. The fourth-order valence-electron chi connectivity index (χ4n) is 2.28. The number of carboxylic acid groups (broad SMARTS) is 1. The Bertz CT molecular complexity index is 698. The maximum Gasteiger partial charge on any atom is 0.303 e. The van der Waals surface area contributed by atoms with Crippen molar-refractivity contribution in [3.8, 4) is 11.1 Å². The molecule has 23 heavy (non-hydrogen) atoms. The van der Waals surface area contributed by atoms with Gasteiger partial charge in [-0.25, -0.2) is 0 Å². The van der Waals surface area contributed by atoms with Crippen LogP contribution in [-0.2, 0) is 9.59 Å². The summed E-state index contributed by atoms with van der Waals surface area (Å²) in [5, 5.41) is 11.4. The van der Waals surface area contributed by atoms with Gasteiger partial charge in [-0.3, -0.25) is 9.59 Å². The minimum Gasteiger partial charge on any atom is -0.481 e. The summed E-state index contributed by atoms with van der Waals surface area (Å²) >= 11 is 0. The van der Waals surface area contributed by atoms with Gasteiger partial charge in [0.15, 0.2) is 0 Å². The van der Waals surface area contributed by atoms with Crippen LogP contribution < -0.4 is 11.1 Å². The van der Waals surface area contributed by atoms with Gasteiger partial charge in [-0.1, -0.05) is 24.3 Å². The van der Waals surface area contributed by atoms with Gasteiger partial charge in [-0.2, -0.15) is 0 Å². The Morgan fingerprint density at radius 2 is 1.61 bits per heavy atom. The van der Waals surface area contributed by atoms with Crippen molar-refractivity contribution in [1.29, 1.82) is 0 Å². The molecule has 0 radical (unpaired) electrons. The standard InChI is InChI=1S/C18H20N2O3/c19-15-7-3-5-13(11-15)14-6-4-8-16(12-14)20-17(21)9-1-2-10-18(22)23/h3-8,11-12H,1-2,9-10,19H2,(H,20,21)(H,22,23). The third-order valence-electron chi connectivity index (χ3n) is 3.41. The number of nitrogen functional groups attached to an aromatic ring is 1. The average Bonchev–Trinajstić information content (AvgIpc) is 2.52. The second-order valence-electron chi connectivity index (χ2n) is 5.36. The summed E-state index contributed by atoms with van der Waals surface area (Å²) < 4.78 is 0. The molecule has 0 aliphatic rings. The lowest BCUT2D eigenvalue weighted by Gasteiger charge is -2.08. The number of nitrogens with two attached hydrogens (primary N) is 1. The Kier molecular flexibility index (Phi) is 5.74. The van der Waals surface area contributed by atoms with Crippen LogP contribution in [0.5, 0.6) is 0 Å². The lowest BCUT2D eigenvalue weighted by atomic mass is 10.0. The van der Waals surface area contributed by atoms with Gasteiger partial charge in [-0.15, -0.1) is 0 Å². The molecule has 0 saturated heterocycles. The van der Waals surface area contributed by atoms with Gasteiger partial charge in [0.1, 0.15) is 0 Å². The van der Waals surface area contributed by atoms with E-state index in [1.807, 2.05) is 48.5 Å². The fourth-order valence-corrected chi connectivity index (χ4v) is 2.28. The van der Waals surface area contributed by atoms with Crippen molar-refractivity contribution in [2.75, 3.05) is 11.1 Å². The number of nitrogens with one attached hydrogen (secondary N) is 1. The van der Waals surface area contributed by atoms with Gasteiger partial charge < -0.3 is 16.2 Å². The number of unbranched alkanes of at least 4 members (excludes halogenated alkanes) is 1. The highest BCUT2D eigenvalue weighted by Crippen LogP contribution is 2.24. The number of carbonyl (C=O) groups is 2. The maximum atomic E-state index is 11.9. The molecule has 4 N–H and O–H groups in total. The van der Waals surface area contributed by atoms with Crippen molar-refractivity contribution in [2.24, 2.45) is 0 Å². The molecule has 0 aromatic heterocycles. The topological polar surface area (TPSA) is 92.4 Å². The first-order chi connectivity index (χ1) is 11.0. The number of hydrogen-bond donors (Lipinski definition) is 3. The SMILES string of the molecule is Nc1cccc(-c2cccc(NC(=O)CCCCC(=O)O)c2)c1. The third-order valence-corrected chi connectivity index (χ3v) is 3.41. The second-order valence-corrected chi connectivity index (χ2v) is 5.36. The summed E-state index contributed by atoms with van der Waals surface area (Å²) in [5.74, 6) is -0.944. The molecular formula is C18H20N2O3. The van der Waals surface area contributed by atoms with Crippen LogP contribution in [0.4, 0.5) is 11.4 Å². The van der Waals surface area contributed by atoms with E-state index in [2.05, 4.69) is 5.32 Å². The Balaban J connectivity index is 1.95. The number of amides is 1. The summed E-state index contributed by atoms with van der Waals surface area (Å²) in [7, 11) is 0. The molecule has 2 rings (SSSR count). The van der Waals surface area contributed by atoms with Gasteiger partial charge in [-0.05, 0) is 48.2 Å². The van der Waals surface area contributed by atoms with Gasteiger partial charge in [0.05, 0.1) is 0 Å². The van der Waals surface area contributed by atoms with Crippen molar-refractivity contribution < 1.29 is 14.7 Å². The molecule has 0 spiro atoms. The van der Waals surface area contributed by atoms with Gasteiger partial charge in [0.2, 0.25) is 5.91 Å². The Hall–Kier alpha value is -2.82. The molecule has 0 bridgehead atoms. The molecule has 0 aliphatic carbocycles. The summed E-state index contributed by atoms with van der Waals surface area (Å²) in [6.45, 7) is 0. The average molecular weight is 312 g/mol. The number of rotatable bonds is 7. The summed E-state index contributed by atoms with van der Waals surface area (Å²) in [4.78, 5) is 22.3. The van der Waals surface area contributed by atoms with Gasteiger partial charge in [0, 0.05) is 24.2 Å². The molecule has 0 unspecified atom stereocenters. The van der Waals surface area contributed by atoms with E-state index >= 15 is 0 Å². The summed E-state index contributed by atoms with van der Waals surface area (Å²) in [5.41, 5.74) is 9.16. The quantitative estimate of drug-likeness (QED) is 0.539. The van der Waals surface area contributed by atoms with Crippen LogP contribution in [0, 0.1) is 0 Å². The second kappa shape index (κ2) is 7.98. The lowest BCUT2D eigenvalue weighted by Crippen LogP contribution is -2.11. The molecule has 0 saturated carbocycles. The maximum absolute atomic E-state index is 11.9. The molecule has 5 nitrogen and oxygen atoms in total. The minimum atomic E-state index is -0.833. The van der Waals surface area contributed by atoms with Crippen molar-refractivity contribution >= 4 is 23.3 Å². The van der Waals surface area contributed by atoms with E-state index in [4.69, 9.17) is 10.8 Å². The smallest absolute Gasteiger partial charge is 0.303 e. The van der Waals surface area contributed by atoms with Crippen LogP contribution in [-0.4, -0.2) is 17.0 Å². The normalized spacial score (nSPS) is 10.3. The summed E-state index contributed by atoms with van der Waals surface area (Å²) in [6.07, 6.45) is 1.48. The summed E-state index contributed by atoms with van der Waals surface area (Å²) in [6, 6.07) is 15.1. The van der Waals surface area contributed by atoms with Gasteiger partial charge >= 0.3 is 5.97 Å². The highest BCUT2D eigenvalue weighted by atomic mass is 16.4. The highest BCUT2D eigenvalue weighted by molar-refractivity contribution is 5.91. The van der Waals surface area contributed by atoms with Crippen LogP contribution in [0.25, 0.3) is 11.1 Å². The van der Waals surface area contributed by atoms with E-state index < -0.39 is 5.97 Å². The first-order valence-electron chi connectivity index (χ1n) is 7.52. The van der Waals surface area contributed by atoms with Crippen LogP contribution in [0.15, 0.2) is 48.5 Å². The van der Waals surface area contributed by atoms with Crippen molar-refractivity contribution in [3.63, 3.8) is 0 Å². The van der Waals surface area contributed by atoms with Gasteiger partial charge in [0.25, 0.3) is 0 Å². The lowest BCUT2D eigenvalue weighted by molar-refractivity contribution is -0.137. The van der Waals surface area contributed by atoms with E-state index in [9.17, 15) is 9.59 Å². The van der Waals surface area contributed by atoms with Crippen LogP contribution in [0.1, 0.15) is 25.7 Å². The van der Waals surface area contributed by atoms with E-state index in [-0.39, 0.29) is 12.3 Å². The van der Waals surface area contributed by atoms with Crippen molar-refractivity contribution in [1.82, 2.24) is 0 Å². The Labute approximate surface area is 135 Å². The molecule has 0 atom stereocenters. The Morgan fingerprint density at radius 1 is 0.957 bits per heavy atom. The van der Waals surface area contributed by atoms with E-state index in [0.717, 1.165) is 11.1 Å². The minimum absolute atomic E-state index is 0.0954. The zero-order chi connectivity index (χ0) is 16.7. The zero-order valence-corrected chi connectivity index (χ0v) is 12.8. The first-order valence-corrected chi connectivity index (χ1v) is 7.52. The number of anilines is 2. The van der Waals surface area contributed by atoms with Crippen molar-refractivity contribution in [3.05, 3.63) is 48.5 Å². The fraction of sp³-hybridized carbons (Fsp3) is 0.222. The molecule has 5 heteroatoms. The number of aliphatic carboxylic acids is 1. The van der Waals surface area contributed by atoms with Crippen LogP contribution >= 0.6 is 0 Å². The third kappa shape index (κ3) is 5.47. The molecule has 2 aromatic rings. The molecular weight excluding hydrogens is 292 g/mol. The largest absolute Gasteiger partial charge is 0.481 e. The van der Waals surface area contributed by atoms with Crippen molar-refractivity contribution in [2.45, 2.75) is 25.7 Å². The highest BCUT2D eigenvalue weighted by Gasteiger charge is 2.05. The van der Waals surface area contributed by atoms with Crippen LogP contribution in [0.2, 0.25) is 0 Å². The number of hydrogen-bond acceptors (Lipinski definition) is 3. The van der Waals surface area contributed by atoms with E-state index in [0.29, 0.717) is 30.6 Å². The molecule has 1 amide bonds. The first kappa shape index (κ1) is 16.5. The molecule has 2 aromatic carbocycles. The van der Waals surface area contributed by atoms with E-state index in [1.165, 1.54) is 0 Å². The molecule has 120 valence electrons. The monoisotopic (exact) mass is 312 g/mol. The number of carboxylic acids is 1. The molecule has 0 aliphatic heterocycles. The molecule has 0 fully saturated rings. The van der Waals surface area contributed by atoms with E-state index in [1.54, 1.807) is 0 Å². The zero-order valence-electron chi connectivity index (χ0n) is 12.8. The predicted molar refractivity (Wildman–Crippen MR) is 91.0 cm³/mol.